The molecule has 2 nitrogen and oxygen atoms in total. The predicted molar refractivity (Wildman–Crippen MR) is 71.9 cm³/mol. The highest BCUT2D eigenvalue weighted by Gasteiger charge is 1.97. The average Bonchev–Trinajstić information content (AvgIpc) is 2.37. The summed E-state index contributed by atoms with van der Waals surface area (Å²) in [5.41, 5.74) is 1.83. The molecule has 0 atom stereocenters. The monoisotopic (exact) mass is 248 g/mol. The molecule has 2 aromatic rings. The minimum Gasteiger partial charge on any atom is -0.388 e. The van der Waals surface area contributed by atoms with Crippen molar-refractivity contribution in [2.45, 2.75) is 4.90 Å². The molecule has 88 valence electrons. The molecule has 0 unspecified atom stereocenters. The number of benzene rings is 2. The molecule has 0 fully saturated rings. The van der Waals surface area contributed by atoms with E-state index in [1.54, 1.807) is 6.07 Å². The Morgan fingerprint density at radius 1 is 1.00 bits per heavy atom. The summed E-state index contributed by atoms with van der Waals surface area (Å²) in [5.74, 6) is -0.235. The quantitative estimate of drug-likeness (QED) is 0.800. The molecule has 4 heteroatoms. The number of hydrogen-bond donors (Lipinski definition) is 2. The largest absolute Gasteiger partial charge is 0.388 e. The lowest BCUT2D eigenvalue weighted by atomic mass is 10.3. The van der Waals surface area contributed by atoms with Crippen LogP contribution in [0.1, 0.15) is 0 Å². The highest BCUT2D eigenvalue weighted by molar-refractivity contribution is 8.00. The fraction of sp³-hybridized carbons (Fsp3) is 0.0769. The first-order valence-corrected chi connectivity index (χ1v) is 6.06. The maximum atomic E-state index is 12.9. The first-order valence-electron chi connectivity index (χ1n) is 5.24. The lowest BCUT2D eigenvalue weighted by molar-refractivity contribution is 0.628. The van der Waals surface area contributed by atoms with E-state index < -0.39 is 0 Å². The van der Waals surface area contributed by atoms with E-state index in [2.05, 4.69) is 10.0 Å². The summed E-state index contributed by atoms with van der Waals surface area (Å²) in [6, 6.07) is 14.4. The van der Waals surface area contributed by atoms with Gasteiger partial charge in [-0.1, -0.05) is 6.07 Å². The zero-order valence-corrected chi connectivity index (χ0v) is 10.2. The molecule has 0 saturated heterocycles. The van der Waals surface area contributed by atoms with Crippen molar-refractivity contribution >= 4 is 23.3 Å². The Morgan fingerprint density at radius 3 is 2.41 bits per heavy atom. The molecule has 2 aromatic carbocycles. The normalized spacial score (nSPS) is 10.0. The van der Waals surface area contributed by atoms with E-state index in [-0.39, 0.29) is 5.82 Å². The van der Waals surface area contributed by atoms with Crippen LogP contribution in [0.4, 0.5) is 15.8 Å². The molecule has 2 N–H and O–H groups in total. The summed E-state index contributed by atoms with van der Waals surface area (Å²) in [5, 5.41) is 3.06. The van der Waals surface area contributed by atoms with E-state index in [0.29, 0.717) is 0 Å². The van der Waals surface area contributed by atoms with Crippen LogP contribution >= 0.6 is 11.9 Å². The van der Waals surface area contributed by atoms with Crippen molar-refractivity contribution in [3.63, 3.8) is 0 Å². The molecule has 0 bridgehead atoms. The third kappa shape index (κ3) is 3.39. The highest BCUT2D eigenvalue weighted by Crippen LogP contribution is 2.22. The first kappa shape index (κ1) is 11.8. The SMILES string of the molecule is CNc1ccc(SNc2cccc(F)c2)cc1. The smallest absolute Gasteiger partial charge is 0.125 e. The second kappa shape index (κ2) is 5.59. The highest BCUT2D eigenvalue weighted by atomic mass is 32.2. The van der Waals surface area contributed by atoms with Crippen LogP contribution in [-0.4, -0.2) is 7.05 Å². The average molecular weight is 248 g/mol. The van der Waals surface area contributed by atoms with Crippen molar-refractivity contribution in [2.24, 2.45) is 0 Å². The minimum absolute atomic E-state index is 0.235. The molecule has 0 saturated carbocycles. The van der Waals surface area contributed by atoms with E-state index in [1.807, 2.05) is 37.4 Å². The second-order valence-corrected chi connectivity index (χ2v) is 4.37. The fourth-order valence-corrected chi connectivity index (χ4v) is 1.99. The Kier molecular flexibility index (Phi) is 3.88. The van der Waals surface area contributed by atoms with Gasteiger partial charge in [-0.2, -0.15) is 0 Å². The maximum absolute atomic E-state index is 12.9. The third-order valence-corrected chi connectivity index (χ3v) is 3.10. The molecule has 0 aliphatic rings. The summed E-state index contributed by atoms with van der Waals surface area (Å²) in [6.07, 6.45) is 0. The lowest BCUT2D eigenvalue weighted by Gasteiger charge is -2.06. The Labute approximate surface area is 104 Å². The molecular weight excluding hydrogens is 235 g/mol. The molecule has 0 radical (unpaired) electrons. The van der Waals surface area contributed by atoms with Crippen LogP contribution in [0, 0.1) is 5.82 Å². The second-order valence-electron chi connectivity index (χ2n) is 3.49. The van der Waals surface area contributed by atoms with Gasteiger partial charge in [-0.3, -0.25) is 0 Å². The van der Waals surface area contributed by atoms with Gasteiger partial charge in [-0.05, 0) is 54.4 Å². The molecule has 0 heterocycles. The van der Waals surface area contributed by atoms with Crippen molar-refractivity contribution in [1.29, 1.82) is 0 Å². The van der Waals surface area contributed by atoms with Crippen LogP contribution in [0.5, 0.6) is 0 Å². The van der Waals surface area contributed by atoms with Gasteiger partial charge in [-0.15, -0.1) is 0 Å². The molecule has 0 aromatic heterocycles. The van der Waals surface area contributed by atoms with Crippen LogP contribution in [0.15, 0.2) is 53.4 Å². The van der Waals surface area contributed by atoms with Gasteiger partial charge < -0.3 is 10.0 Å². The molecule has 0 aliphatic carbocycles. The Morgan fingerprint density at radius 2 is 1.76 bits per heavy atom. The first-order chi connectivity index (χ1) is 8.28. The predicted octanol–water partition coefficient (Wildman–Crippen LogP) is 3.99. The van der Waals surface area contributed by atoms with E-state index >= 15 is 0 Å². The van der Waals surface area contributed by atoms with Crippen molar-refractivity contribution in [3.05, 3.63) is 54.3 Å². The molecule has 0 spiro atoms. The van der Waals surface area contributed by atoms with Crippen LogP contribution in [0.3, 0.4) is 0 Å². The van der Waals surface area contributed by atoms with Gasteiger partial charge in [0, 0.05) is 23.3 Å². The number of anilines is 2. The topological polar surface area (TPSA) is 24.1 Å². The van der Waals surface area contributed by atoms with E-state index in [1.165, 1.54) is 24.1 Å². The van der Waals surface area contributed by atoms with Gasteiger partial charge >= 0.3 is 0 Å². The molecule has 2 rings (SSSR count). The van der Waals surface area contributed by atoms with E-state index in [9.17, 15) is 4.39 Å². The van der Waals surface area contributed by atoms with Gasteiger partial charge in [0.05, 0.1) is 0 Å². The number of rotatable bonds is 4. The summed E-state index contributed by atoms with van der Waals surface area (Å²) in [4.78, 5) is 1.08. The van der Waals surface area contributed by atoms with Crippen molar-refractivity contribution < 1.29 is 4.39 Å². The number of halogens is 1. The maximum Gasteiger partial charge on any atom is 0.125 e. The summed E-state index contributed by atoms with van der Waals surface area (Å²) in [7, 11) is 1.88. The van der Waals surface area contributed by atoms with Gasteiger partial charge in [0.15, 0.2) is 0 Å². The molecule has 17 heavy (non-hydrogen) atoms. The van der Waals surface area contributed by atoms with Crippen LogP contribution in [0.25, 0.3) is 0 Å². The standard InChI is InChI=1S/C13H13FN2S/c1-15-11-5-7-13(8-6-11)17-16-12-4-2-3-10(14)9-12/h2-9,15-16H,1H3. The van der Waals surface area contributed by atoms with Crippen LogP contribution < -0.4 is 10.0 Å². The van der Waals surface area contributed by atoms with Gasteiger partial charge in [-0.25, -0.2) is 4.39 Å². The van der Waals surface area contributed by atoms with Gasteiger partial charge in [0.25, 0.3) is 0 Å². The van der Waals surface area contributed by atoms with Crippen molar-refractivity contribution in [3.8, 4) is 0 Å². The summed E-state index contributed by atoms with van der Waals surface area (Å²) >= 11 is 1.46. The van der Waals surface area contributed by atoms with Crippen LogP contribution in [0.2, 0.25) is 0 Å². The van der Waals surface area contributed by atoms with Gasteiger partial charge in [0.2, 0.25) is 0 Å². The number of hydrogen-bond acceptors (Lipinski definition) is 3. The van der Waals surface area contributed by atoms with Gasteiger partial charge in [0.1, 0.15) is 5.82 Å². The van der Waals surface area contributed by atoms with E-state index in [4.69, 9.17) is 0 Å². The Bertz CT molecular complexity index is 485. The summed E-state index contributed by atoms with van der Waals surface area (Å²) in [6.45, 7) is 0. The van der Waals surface area contributed by atoms with Crippen molar-refractivity contribution in [2.75, 3.05) is 17.1 Å². The molecular formula is C13H13FN2S. The molecule has 0 amide bonds. The molecule has 0 aliphatic heterocycles. The fourth-order valence-electron chi connectivity index (χ4n) is 1.36. The zero-order valence-electron chi connectivity index (χ0n) is 9.41. The lowest BCUT2D eigenvalue weighted by Crippen LogP contribution is -1.89. The third-order valence-electron chi connectivity index (χ3n) is 2.25. The number of nitrogens with one attached hydrogen (secondary N) is 2. The Balaban J connectivity index is 1.97. The summed E-state index contributed by atoms with van der Waals surface area (Å²) < 4.78 is 16.0. The zero-order chi connectivity index (χ0) is 12.1. The minimum atomic E-state index is -0.235. The van der Waals surface area contributed by atoms with Crippen molar-refractivity contribution in [1.82, 2.24) is 0 Å². The Hall–Kier alpha value is -1.68. The van der Waals surface area contributed by atoms with Crippen LogP contribution in [-0.2, 0) is 0 Å². The van der Waals surface area contributed by atoms with E-state index in [0.717, 1.165) is 16.3 Å².